The average Bonchev–Trinajstić information content (AvgIpc) is 3.32. The highest BCUT2D eigenvalue weighted by Gasteiger charge is 2.38. The molecule has 0 saturated heterocycles. The molecule has 0 bridgehead atoms. The zero-order valence-electron chi connectivity index (χ0n) is 34.7. The smallest absolute Gasteiger partial charge is 0.207 e. The Morgan fingerprint density at radius 2 is 0.982 bits per heavy atom. The molecular formula is C46H56O9S2. The highest BCUT2D eigenvalue weighted by molar-refractivity contribution is 7.99. The van der Waals surface area contributed by atoms with Gasteiger partial charge in [-0.15, -0.1) is 23.5 Å². The molecule has 9 nitrogen and oxygen atoms in total. The van der Waals surface area contributed by atoms with E-state index in [1.54, 1.807) is 0 Å². The second kappa shape index (κ2) is 18.2. The number of rotatable bonds is 21. The van der Waals surface area contributed by atoms with Crippen molar-refractivity contribution in [2.24, 2.45) is 0 Å². The first-order valence-corrected chi connectivity index (χ1v) is 22.3. The number of ketones is 1. The van der Waals surface area contributed by atoms with Crippen LogP contribution >= 0.6 is 23.5 Å². The Hall–Kier alpha value is -4.09. The molecule has 11 heteroatoms. The van der Waals surface area contributed by atoms with Gasteiger partial charge in [-0.2, -0.15) is 0 Å². The van der Waals surface area contributed by atoms with Crippen LogP contribution in [0.15, 0.2) is 25.0 Å². The van der Waals surface area contributed by atoms with Gasteiger partial charge < -0.3 is 29.2 Å². The molecule has 5 aromatic rings. The van der Waals surface area contributed by atoms with Crippen molar-refractivity contribution >= 4 is 78.0 Å². The van der Waals surface area contributed by atoms with Crippen molar-refractivity contribution in [2.75, 3.05) is 39.9 Å². The number of aromatic hydroxyl groups is 2. The molecule has 306 valence electrons. The summed E-state index contributed by atoms with van der Waals surface area (Å²) in [4.78, 5) is 44.3. The fourth-order valence-electron chi connectivity index (χ4n) is 8.94. The minimum Gasteiger partial charge on any atom is -0.504 e. The summed E-state index contributed by atoms with van der Waals surface area (Å²) >= 11 is 2.78. The van der Waals surface area contributed by atoms with Crippen LogP contribution in [0, 0.1) is 0 Å². The zero-order valence-corrected chi connectivity index (χ0v) is 36.3. The van der Waals surface area contributed by atoms with Crippen molar-refractivity contribution in [1.82, 2.24) is 0 Å². The molecular weight excluding hydrogens is 761 g/mol. The van der Waals surface area contributed by atoms with E-state index in [2.05, 4.69) is 13.8 Å². The number of methoxy groups -OCH3 is 4. The lowest BCUT2D eigenvalue weighted by atomic mass is 9.82. The fourth-order valence-corrected chi connectivity index (χ4v) is 11.1. The molecule has 0 heterocycles. The SMILES string of the molecule is CCCCCCCCSc1c(OC)c2c3c(OC)c(SCCCCCCCC)c(=O)c4c(O)c(OC)c5c(c6c(c(OC)c(O)c(c1=O)c62)CC(C)=C5C(C)=O)c43. The lowest BCUT2D eigenvalue weighted by molar-refractivity contribution is -0.111. The molecule has 0 radical (unpaired) electrons. The number of benzene rings is 5. The van der Waals surface area contributed by atoms with Gasteiger partial charge >= 0.3 is 0 Å². The van der Waals surface area contributed by atoms with Crippen LogP contribution in [0.4, 0.5) is 0 Å². The van der Waals surface area contributed by atoms with Gasteiger partial charge in [-0.1, -0.05) is 83.6 Å². The molecule has 2 N–H and O–H groups in total. The summed E-state index contributed by atoms with van der Waals surface area (Å²) in [5, 5.41) is 27.2. The number of hydrogen-bond donors (Lipinski definition) is 2. The number of allylic oxidation sites excluding steroid dienone is 2. The minimum atomic E-state index is -0.418. The van der Waals surface area contributed by atoms with Crippen LogP contribution in [-0.2, 0) is 11.2 Å². The number of Topliss-reactive ketones (excluding diaryl/α,β-unsaturated/α-hetero) is 1. The van der Waals surface area contributed by atoms with Gasteiger partial charge in [0.2, 0.25) is 10.9 Å². The number of fused-ring (bicyclic) bond motifs is 1. The van der Waals surface area contributed by atoms with E-state index in [9.17, 15) is 24.6 Å². The highest BCUT2D eigenvalue weighted by Crippen LogP contribution is 2.59. The molecule has 5 aromatic carbocycles. The van der Waals surface area contributed by atoms with Crippen molar-refractivity contribution in [1.29, 1.82) is 0 Å². The summed E-state index contributed by atoms with van der Waals surface area (Å²) in [7, 11) is 5.90. The molecule has 0 unspecified atom stereocenters. The van der Waals surface area contributed by atoms with Crippen molar-refractivity contribution in [3.63, 3.8) is 0 Å². The van der Waals surface area contributed by atoms with E-state index >= 15 is 0 Å². The van der Waals surface area contributed by atoms with Crippen molar-refractivity contribution in [2.45, 2.75) is 121 Å². The first kappa shape index (κ1) is 42.5. The molecule has 57 heavy (non-hydrogen) atoms. The quantitative estimate of drug-likeness (QED) is 0.0318. The summed E-state index contributed by atoms with van der Waals surface area (Å²) in [5.74, 6) is 1.04. The Bertz CT molecular complexity index is 2470. The molecule has 0 atom stereocenters. The number of carbonyl (C=O) groups excluding carboxylic acids is 1. The van der Waals surface area contributed by atoms with Gasteiger partial charge in [0.1, 0.15) is 11.5 Å². The van der Waals surface area contributed by atoms with Crippen LogP contribution < -0.4 is 29.8 Å². The molecule has 0 amide bonds. The van der Waals surface area contributed by atoms with Crippen LogP contribution in [0.2, 0.25) is 0 Å². The Balaban J connectivity index is 1.81. The van der Waals surface area contributed by atoms with Crippen molar-refractivity contribution in [3.05, 3.63) is 37.1 Å². The predicted molar refractivity (Wildman–Crippen MR) is 236 cm³/mol. The summed E-state index contributed by atoms with van der Waals surface area (Å²) in [6.07, 6.45) is 13.2. The summed E-state index contributed by atoms with van der Waals surface area (Å²) in [5.41, 5.74) is 0.994. The zero-order chi connectivity index (χ0) is 41.1. The van der Waals surface area contributed by atoms with Crippen LogP contribution in [0.1, 0.15) is 116 Å². The number of phenolic OH excluding ortho intramolecular Hbond substituents is 2. The summed E-state index contributed by atoms with van der Waals surface area (Å²) in [6.45, 7) is 7.65. The van der Waals surface area contributed by atoms with Crippen LogP contribution in [0.25, 0.3) is 48.7 Å². The van der Waals surface area contributed by atoms with Gasteiger partial charge in [0, 0.05) is 43.6 Å². The molecule has 1 aliphatic rings. The van der Waals surface area contributed by atoms with E-state index in [1.807, 2.05) is 6.92 Å². The number of unbranched alkanes of at least 4 members (excludes halogenated alkanes) is 10. The third-order valence-corrected chi connectivity index (χ3v) is 13.8. The average molecular weight is 817 g/mol. The first-order chi connectivity index (χ1) is 27.6. The predicted octanol–water partition coefficient (Wildman–Crippen LogP) is 11.2. The second-order valence-electron chi connectivity index (χ2n) is 15.1. The van der Waals surface area contributed by atoms with Crippen LogP contribution in [-0.4, -0.2) is 55.9 Å². The molecule has 6 rings (SSSR count). The van der Waals surface area contributed by atoms with Gasteiger partial charge in [0.15, 0.2) is 28.8 Å². The van der Waals surface area contributed by atoms with Gasteiger partial charge in [-0.05, 0) is 50.0 Å². The van der Waals surface area contributed by atoms with Gasteiger partial charge in [0.05, 0.1) is 49.0 Å². The van der Waals surface area contributed by atoms with E-state index in [4.69, 9.17) is 18.9 Å². The number of phenols is 2. The van der Waals surface area contributed by atoms with Crippen molar-refractivity contribution < 1.29 is 34.0 Å². The Morgan fingerprint density at radius 1 is 0.561 bits per heavy atom. The maximum Gasteiger partial charge on any atom is 0.207 e. The number of carbonyl (C=O) groups is 1. The molecule has 0 spiro atoms. The van der Waals surface area contributed by atoms with Gasteiger partial charge in [-0.3, -0.25) is 14.4 Å². The monoisotopic (exact) mass is 816 g/mol. The standard InChI is InChI=1S/C46H56O9S2/c1-9-11-13-15-17-19-21-56-45-39(50)35-30-28-26(41(52-5)37(35)48)23-24(3)27(25(4)47)32-29(28)31-34(33(30)43(45)54-7)44(55-8)46(57-22-20-18-16-14-12-10-2)40(51)36(31)38(49)42(32)53-6/h48-49H,9-23H2,1-8H3. The number of ether oxygens (including phenoxy) is 4. The molecule has 1 aliphatic carbocycles. The Morgan fingerprint density at radius 3 is 1.42 bits per heavy atom. The van der Waals surface area contributed by atoms with E-state index in [-0.39, 0.29) is 51.7 Å². The van der Waals surface area contributed by atoms with E-state index < -0.39 is 10.9 Å². The van der Waals surface area contributed by atoms with Crippen LogP contribution in [0.5, 0.6) is 34.5 Å². The first-order valence-electron chi connectivity index (χ1n) is 20.4. The maximum absolute atomic E-state index is 15.0. The van der Waals surface area contributed by atoms with Gasteiger partial charge in [0.25, 0.3) is 0 Å². The molecule has 0 saturated carbocycles. The van der Waals surface area contributed by atoms with Crippen molar-refractivity contribution in [3.8, 4) is 34.5 Å². The maximum atomic E-state index is 15.0. The third kappa shape index (κ3) is 7.21. The van der Waals surface area contributed by atoms with Gasteiger partial charge in [-0.25, -0.2) is 0 Å². The lowest BCUT2D eigenvalue weighted by Gasteiger charge is -2.25. The normalized spacial score (nSPS) is 12.8. The van der Waals surface area contributed by atoms with Crippen LogP contribution in [0.3, 0.4) is 0 Å². The topological polar surface area (TPSA) is 129 Å². The lowest BCUT2D eigenvalue weighted by Crippen LogP contribution is -2.14. The summed E-state index contributed by atoms with van der Waals surface area (Å²) < 4.78 is 24.4. The second-order valence-corrected chi connectivity index (χ2v) is 17.3. The Kier molecular flexibility index (Phi) is 13.6. The number of thioether (sulfide) groups is 2. The molecule has 0 aliphatic heterocycles. The van der Waals surface area contributed by atoms with E-state index in [0.29, 0.717) is 81.6 Å². The molecule has 0 fully saturated rings. The summed E-state index contributed by atoms with van der Waals surface area (Å²) in [6, 6.07) is 0. The third-order valence-electron chi connectivity index (χ3n) is 11.5. The Labute approximate surface area is 343 Å². The minimum absolute atomic E-state index is 0.0148. The van der Waals surface area contributed by atoms with E-state index in [1.165, 1.54) is 78.1 Å². The molecule has 0 aromatic heterocycles. The largest absolute Gasteiger partial charge is 0.504 e. The highest BCUT2D eigenvalue weighted by atomic mass is 32.2. The number of hydrogen-bond acceptors (Lipinski definition) is 11. The fraction of sp³-hybridized carbons (Fsp3) is 0.500. The van der Waals surface area contributed by atoms with E-state index in [0.717, 1.165) is 57.8 Å².